The Labute approximate surface area is 156 Å². The topological polar surface area (TPSA) is 75.7 Å². The Morgan fingerprint density at radius 1 is 1.27 bits per heavy atom. The Balaban J connectivity index is 1.87. The molecule has 0 saturated heterocycles. The van der Waals surface area contributed by atoms with Gasteiger partial charge in [0.2, 0.25) is 15.9 Å². The van der Waals surface area contributed by atoms with Gasteiger partial charge in [0.25, 0.3) is 0 Å². The summed E-state index contributed by atoms with van der Waals surface area (Å²) in [6.45, 7) is 0.610. The lowest BCUT2D eigenvalue weighted by atomic mass is 9.97. The van der Waals surface area contributed by atoms with Crippen LogP contribution >= 0.6 is 0 Å². The van der Waals surface area contributed by atoms with Crippen molar-refractivity contribution in [3.63, 3.8) is 0 Å². The molecule has 0 spiro atoms. The largest absolute Gasteiger partial charge is 0.497 e. The number of benzene rings is 1. The Bertz CT molecular complexity index is 744. The third kappa shape index (κ3) is 6.80. The molecule has 0 aromatic heterocycles. The number of anilines is 1. The zero-order valence-corrected chi connectivity index (χ0v) is 16.3. The highest BCUT2D eigenvalue weighted by molar-refractivity contribution is 7.88. The molecule has 1 aliphatic rings. The van der Waals surface area contributed by atoms with Gasteiger partial charge in [-0.3, -0.25) is 4.79 Å². The second-order valence-electron chi connectivity index (χ2n) is 6.55. The summed E-state index contributed by atoms with van der Waals surface area (Å²) in [7, 11) is -1.78. The van der Waals surface area contributed by atoms with E-state index in [4.69, 9.17) is 4.74 Å². The highest BCUT2D eigenvalue weighted by Gasteiger charge is 2.18. The minimum Gasteiger partial charge on any atom is -0.497 e. The van der Waals surface area contributed by atoms with Crippen LogP contribution in [0.15, 0.2) is 35.9 Å². The minimum absolute atomic E-state index is 0.114. The first-order valence-electron chi connectivity index (χ1n) is 8.95. The van der Waals surface area contributed by atoms with E-state index in [1.54, 1.807) is 31.4 Å². The van der Waals surface area contributed by atoms with Crippen LogP contribution in [0.3, 0.4) is 0 Å². The summed E-state index contributed by atoms with van der Waals surface area (Å²) in [5.74, 6) is 0.435. The average Bonchev–Trinajstić information content (AvgIpc) is 2.61. The van der Waals surface area contributed by atoms with Crippen LogP contribution in [0.5, 0.6) is 5.75 Å². The predicted octanol–water partition coefficient (Wildman–Crippen LogP) is 3.18. The molecule has 1 amide bonds. The molecule has 2 rings (SSSR count). The molecule has 7 heteroatoms. The highest BCUT2D eigenvalue weighted by Crippen LogP contribution is 2.21. The number of methoxy groups -OCH3 is 1. The van der Waals surface area contributed by atoms with Crippen LogP contribution in [-0.4, -0.2) is 45.1 Å². The summed E-state index contributed by atoms with van der Waals surface area (Å²) in [5.41, 5.74) is 1.96. The van der Waals surface area contributed by atoms with E-state index >= 15 is 0 Å². The van der Waals surface area contributed by atoms with Crippen LogP contribution in [0.25, 0.3) is 0 Å². The van der Waals surface area contributed by atoms with Gasteiger partial charge in [0.1, 0.15) is 5.75 Å². The quantitative estimate of drug-likeness (QED) is 0.668. The highest BCUT2D eigenvalue weighted by atomic mass is 32.2. The van der Waals surface area contributed by atoms with Gasteiger partial charge in [-0.25, -0.2) is 12.7 Å². The van der Waals surface area contributed by atoms with Gasteiger partial charge in [-0.05, 0) is 44.2 Å². The summed E-state index contributed by atoms with van der Waals surface area (Å²) in [6.07, 6.45) is 8.79. The first-order valence-corrected chi connectivity index (χ1v) is 10.8. The molecule has 1 N–H and O–H groups in total. The molecule has 1 aromatic carbocycles. The predicted molar refractivity (Wildman–Crippen MR) is 104 cm³/mol. The van der Waals surface area contributed by atoms with Crippen molar-refractivity contribution in [2.75, 3.05) is 31.8 Å². The average molecular weight is 381 g/mol. The van der Waals surface area contributed by atoms with Gasteiger partial charge in [0.15, 0.2) is 0 Å². The zero-order valence-electron chi connectivity index (χ0n) is 15.5. The fourth-order valence-corrected chi connectivity index (χ4v) is 3.84. The van der Waals surface area contributed by atoms with Crippen LogP contribution in [0.1, 0.15) is 38.5 Å². The van der Waals surface area contributed by atoms with E-state index in [9.17, 15) is 13.2 Å². The number of amides is 1. The van der Waals surface area contributed by atoms with E-state index in [0.717, 1.165) is 19.3 Å². The summed E-state index contributed by atoms with van der Waals surface area (Å²) in [4.78, 5) is 12.2. The Kier molecular flexibility index (Phi) is 7.66. The molecular weight excluding hydrogens is 352 g/mol. The van der Waals surface area contributed by atoms with E-state index in [-0.39, 0.29) is 18.9 Å². The van der Waals surface area contributed by atoms with Crippen LogP contribution in [0.2, 0.25) is 0 Å². The molecule has 0 atom stereocenters. The summed E-state index contributed by atoms with van der Waals surface area (Å²) < 4.78 is 30.6. The van der Waals surface area contributed by atoms with Gasteiger partial charge in [-0.2, -0.15) is 0 Å². The molecule has 26 heavy (non-hydrogen) atoms. The molecule has 144 valence electrons. The molecular formula is C19H28N2O4S. The maximum atomic E-state index is 12.2. The summed E-state index contributed by atoms with van der Waals surface area (Å²) >= 11 is 0. The fraction of sp³-hybridized carbons (Fsp3) is 0.526. The number of hydrogen-bond acceptors (Lipinski definition) is 4. The van der Waals surface area contributed by atoms with Gasteiger partial charge in [0.05, 0.1) is 13.4 Å². The lowest BCUT2D eigenvalue weighted by Crippen LogP contribution is -2.34. The molecule has 0 unspecified atom stereocenters. The van der Waals surface area contributed by atoms with Crippen LogP contribution in [0, 0.1) is 0 Å². The van der Waals surface area contributed by atoms with Gasteiger partial charge < -0.3 is 10.1 Å². The van der Waals surface area contributed by atoms with E-state index in [1.807, 2.05) is 0 Å². The normalized spacial score (nSPS) is 14.8. The number of ether oxygens (including phenoxy) is 1. The third-order valence-corrected chi connectivity index (χ3v) is 5.78. The maximum absolute atomic E-state index is 12.2. The molecule has 0 radical (unpaired) electrons. The molecule has 0 saturated carbocycles. The molecule has 0 aliphatic heterocycles. The van der Waals surface area contributed by atoms with E-state index < -0.39 is 10.0 Å². The Hall–Kier alpha value is -1.86. The van der Waals surface area contributed by atoms with Gasteiger partial charge in [0, 0.05) is 31.3 Å². The first-order chi connectivity index (χ1) is 12.4. The van der Waals surface area contributed by atoms with Crippen molar-refractivity contribution in [2.45, 2.75) is 38.5 Å². The van der Waals surface area contributed by atoms with Gasteiger partial charge in [-0.15, -0.1) is 0 Å². The number of nitrogens with zero attached hydrogens (tertiary/aromatic N) is 1. The first kappa shape index (κ1) is 20.5. The number of carbonyl (C=O) groups excluding carboxylic acids is 1. The molecule has 1 aliphatic carbocycles. The maximum Gasteiger partial charge on any atom is 0.225 e. The Morgan fingerprint density at radius 2 is 2.08 bits per heavy atom. The Morgan fingerprint density at radius 3 is 2.73 bits per heavy atom. The van der Waals surface area contributed by atoms with Crippen molar-refractivity contribution in [3.8, 4) is 5.75 Å². The number of nitrogens with one attached hydrogen (secondary N) is 1. The van der Waals surface area contributed by atoms with Crippen molar-refractivity contribution in [1.82, 2.24) is 4.31 Å². The second-order valence-corrected chi connectivity index (χ2v) is 8.53. The van der Waals surface area contributed by atoms with Crippen molar-refractivity contribution in [3.05, 3.63) is 35.9 Å². The lowest BCUT2D eigenvalue weighted by Gasteiger charge is -2.21. The smallest absolute Gasteiger partial charge is 0.225 e. The molecule has 6 nitrogen and oxygen atoms in total. The summed E-state index contributed by atoms with van der Waals surface area (Å²) in [6, 6.07) is 7.07. The second kappa shape index (κ2) is 9.73. The third-order valence-electron chi connectivity index (χ3n) is 4.48. The number of allylic oxidation sites excluding steroid dienone is 1. The van der Waals surface area contributed by atoms with Gasteiger partial charge in [-0.1, -0.05) is 17.7 Å². The van der Waals surface area contributed by atoms with Crippen molar-refractivity contribution in [2.24, 2.45) is 0 Å². The zero-order chi connectivity index (χ0) is 19.0. The van der Waals surface area contributed by atoms with E-state index in [1.165, 1.54) is 29.0 Å². The van der Waals surface area contributed by atoms with Crippen molar-refractivity contribution >= 4 is 21.6 Å². The molecule has 0 bridgehead atoms. The minimum atomic E-state index is -3.34. The van der Waals surface area contributed by atoms with E-state index in [0.29, 0.717) is 18.0 Å². The summed E-state index contributed by atoms with van der Waals surface area (Å²) in [5, 5.41) is 2.78. The van der Waals surface area contributed by atoms with Crippen LogP contribution in [0.4, 0.5) is 5.69 Å². The van der Waals surface area contributed by atoms with Crippen molar-refractivity contribution < 1.29 is 17.9 Å². The number of carbonyl (C=O) groups is 1. The molecule has 1 aromatic rings. The van der Waals surface area contributed by atoms with Crippen molar-refractivity contribution in [1.29, 1.82) is 0 Å². The SMILES string of the molecule is COc1cccc(NC(=O)CCN(CCC2=CCCCC2)S(C)(=O)=O)c1. The number of rotatable bonds is 9. The number of sulfonamides is 1. The monoisotopic (exact) mass is 380 g/mol. The lowest BCUT2D eigenvalue weighted by molar-refractivity contribution is -0.116. The molecule has 0 fully saturated rings. The standard InChI is InChI=1S/C19H28N2O4S/c1-25-18-10-6-9-17(15-18)20-19(22)12-14-21(26(2,23)24)13-11-16-7-4-3-5-8-16/h6-7,9-10,15H,3-5,8,11-14H2,1-2H3,(H,20,22). The number of hydrogen-bond donors (Lipinski definition) is 1. The van der Waals surface area contributed by atoms with Crippen LogP contribution < -0.4 is 10.1 Å². The van der Waals surface area contributed by atoms with Gasteiger partial charge >= 0.3 is 0 Å². The van der Waals surface area contributed by atoms with Crippen LogP contribution in [-0.2, 0) is 14.8 Å². The molecule has 0 heterocycles. The van der Waals surface area contributed by atoms with E-state index in [2.05, 4.69) is 11.4 Å². The fourth-order valence-electron chi connectivity index (χ4n) is 2.99.